The van der Waals surface area contributed by atoms with Gasteiger partial charge in [-0.25, -0.2) is 0 Å². The molecule has 0 spiro atoms. The van der Waals surface area contributed by atoms with Crippen molar-refractivity contribution in [3.05, 3.63) is 82.9 Å². The van der Waals surface area contributed by atoms with Crippen molar-refractivity contribution < 1.29 is 14.1 Å². The standard InChI is InChI=1S/C23H21N3O3/c1-14-10-11-17-6-5-9-21(22(17)24-14)25-23(27)18-7-4-8-19(12-18)28-13-20-15(2)26-29-16(20)3/h4-12H,13H2,1-3H3,(H,25,27). The van der Waals surface area contributed by atoms with E-state index < -0.39 is 0 Å². The Kier molecular flexibility index (Phi) is 4.99. The number of aryl methyl sites for hydroxylation is 3. The summed E-state index contributed by atoms with van der Waals surface area (Å²) in [6, 6.07) is 16.8. The van der Waals surface area contributed by atoms with Crippen LogP contribution in [0.25, 0.3) is 10.9 Å². The van der Waals surface area contributed by atoms with Crippen LogP contribution in [-0.4, -0.2) is 16.0 Å². The summed E-state index contributed by atoms with van der Waals surface area (Å²) in [6.45, 7) is 5.98. The van der Waals surface area contributed by atoms with Gasteiger partial charge in [0, 0.05) is 16.6 Å². The minimum absolute atomic E-state index is 0.219. The maximum atomic E-state index is 12.8. The smallest absolute Gasteiger partial charge is 0.255 e. The average molecular weight is 387 g/mol. The highest BCUT2D eigenvalue weighted by atomic mass is 16.5. The lowest BCUT2D eigenvalue weighted by molar-refractivity contribution is 0.102. The zero-order valence-corrected chi connectivity index (χ0v) is 16.5. The summed E-state index contributed by atoms with van der Waals surface area (Å²) in [6.07, 6.45) is 0. The lowest BCUT2D eigenvalue weighted by atomic mass is 10.1. The van der Waals surface area contributed by atoms with Gasteiger partial charge < -0.3 is 14.6 Å². The average Bonchev–Trinajstić information content (AvgIpc) is 3.04. The number of ether oxygens (including phenoxy) is 1. The number of amides is 1. The van der Waals surface area contributed by atoms with Crippen molar-refractivity contribution >= 4 is 22.5 Å². The number of fused-ring (bicyclic) bond motifs is 1. The van der Waals surface area contributed by atoms with Crippen LogP contribution in [0.5, 0.6) is 5.75 Å². The molecule has 146 valence electrons. The molecule has 2 heterocycles. The molecule has 2 aromatic heterocycles. The van der Waals surface area contributed by atoms with E-state index in [4.69, 9.17) is 9.26 Å². The number of nitrogens with zero attached hydrogens (tertiary/aromatic N) is 2. The summed E-state index contributed by atoms with van der Waals surface area (Å²) in [5.41, 5.74) is 4.57. The number of benzene rings is 2. The van der Waals surface area contributed by atoms with Crippen LogP contribution in [0.3, 0.4) is 0 Å². The fourth-order valence-corrected chi connectivity index (χ4v) is 3.13. The zero-order chi connectivity index (χ0) is 20.4. The van der Waals surface area contributed by atoms with E-state index in [9.17, 15) is 4.79 Å². The molecule has 0 aliphatic rings. The monoisotopic (exact) mass is 387 g/mol. The number of aromatic nitrogens is 2. The molecule has 4 aromatic rings. The second kappa shape index (κ2) is 7.75. The van der Waals surface area contributed by atoms with Crippen molar-refractivity contribution in [1.82, 2.24) is 10.1 Å². The number of para-hydroxylation sites is 1. The van der Waals surface area contributed by atoms with Gasteiger partial charge in [0.2, 0.25) is 0 Å². The van der Waals surface area contributed by atoms with Crippen molar-refractivity contribution in [1.29, 1.82) is 0 Å². The van der Waals surface area contributed by atoms with Gasteiger partial charge in [0.05, 0.1) is 22.5 Å². The van der Waals surface area contributed by atoms with Gasteiger partial charge in [0.15, 0.2) is 0 Å². The van der Waals surface area contributed by atoms with Crippen LogP contribution in [0.15, 0.2) is 59.1 Å². The quantitative estimate of drug-likeness (QED) is 0.523. The number of nitrogens with one attached hydrogen (secondary N) is 1. The molecular weight excluding hydrogens is 366 g/mol. The van der Waals surface area contributed by atoms with Gasteiger partial charge in [-0.2, -0.15) is 0 Å². The van der Waals surface area contributed by atoms with Crippen molar-refractivity contribution in [2.24, 2.45) is 0 Å². The number of hydrogen-bond acceptors (Lipinski definition) is 5. The molecule has 0 unspecified atom stereocenters. The molecule has 4 rings (SSSR count). The van der Waals surface area contributed by atoms with Crippen molar-refractivity contribution in [2.75, 3.05) is 5.32 Å². The summed E-state index contributed by atoms with van der Waals surface area (Å²) in [7, 11) is 0. The molecule has 1 amide bonds. The molecular formula is C23H21N3O3. The number of pyridine rings is 1. The minimum Gasteiger partial charge on any atom is -0.489 e. The van der Waals surface area contributed by atoms with Gasteiger partial charge in [-0.1, -0.05) is 29.4 Å². The Bertz CT molecular complexity index is 1180. The third-order valence-corrected chi connectivity index (χ3v) is 4.77. The number of anilines is 1. The molecule has 0 saturated carbocycles. The van der Waals surface area contributed by atoms with E-state index in [2.05, 4.69) is 15.5 Å². The van der Waals surface area contributed by atoms with Gasteiger partial charge >= 0.3 is 0 Å². The Morgan fingerprint density at radius 1 is 1.07 bits per heavy atom. The van der Waals surface area contributed by atoms with E-state index in [1.165, 1.54) is 0 Å². The Morgan fingerprint density at radius 3 is 2.69 bits per heavy atom. The number of carbonyl (C=O) groups excluding carboxylic acids is 1. The normalized spacial score (nSPS) is 10.9. The highest BCUT2D eigenvalue weighted by Gasteiger charge is 2.12. The van der Waals surface area contributed by atoms with Gasteiger partial charge in [0.1, 0.15) is 18.1 Å². The summed E-state index contributed by atoms with van der Waals surface area (Å²) >= 11 is 0. The molecule has 0 fully saturated rings. The van der Waals surface area contributed by atoms with Crippen LogP contribution in [0, 0.1) is 20.8 Å². The Morgan fingerprint density at radius 2 is 1.90 bits per heavy atom. The zero-order valence-electron chi connectivity index (χ0n) is 16.5. The first-order valence-electron chi connectivity index (χ1n) is 9.33. The van der Waals surface area contributed by atoms with Crippen LogP contribution in [-0.2, 0) is 6.61 Å². The van der Waals surface area contributed by atoms with Crippen LogP contribution in [0.4, 0.5) is 5.69 Å². The summed E-state index contributed by atoms with van der Waals surface area (Å²) in [5.74, 6) is 1.11. The number of rotatable bonds is 5. The molecule has 6 nitrogen and oxygen atoms in total. The van der Waals surface area contributed by atoms with Crippen LogP contribution < -0.4 is 10.1 Å². The van der Waals surface area contributed by atoms with Gasteiger partial charge in [-0.3, -0.25) is 9.78 Å². The molecule has 0 aliphatic heterocycles. The predicted octanol–water partition coefficient (Wildman–Crippen LogP) is 4.98. The molecule has 6 heteroatoms. The second-order valence-corrected chi connectivity index (χ2v) is 6.90. The van der Waals surface area contributed by atoms with Crippen LogP contribution >= 0.6 is 0 Å². The van der Waals surface area contributed by atoms with E-state index >= 15 is 0 Å². The van der Waals surface area contributed by atoms with Crippen molar-refractivity contribution in [3.63, 3.8) is 0 Å². The van der Waals surface area contributed by atoms with E-state index in [0.717, 1.165) is 33.6 Å². The number of hydrogen-bond donors (Lipinski definition) is 1. The third kappa shape index (κ3) is 3.96. The first kappa shape index (κ1) is 18.7. The SMILES string of the molecule is Cc1ccc2cccc(NC(=O)c3cccc(OCc4c(C)noc4C)c3)c2n1. The molecule has 0 atom stereocenters. The Labute approximate surface area is 168 Å². The molecule has 0 bridgehead atoms. The summed E-state index contributed by atoms with van der Waals surface area (Å²) < 4.78 is 11.0. The second-order valence-electron chi connectivity index (χ2n) is 6.90. The van der Waals surface area contributed by atoms with Gasteiger partial charge in [0.25, 0.3) is 5.91 Å². The van der Waals surface area contributed by atoms with Crippen LogP contribution in [0.2, 0.25) is 0 Å². The van der Waals surface area contributed by atoms with E-state index in [1.807, 2.05) is 57.2 Å². The molecule has 2 aromatic carbocycles. The minimum atomic E-state index is -0.219. The number of carbonyl (C=O) groups is 1. The Hall–Kier alpha value is -3.67. The van der Waals surface area contributed by atoms with Gasteiger partial charge in [-0.15, -0.1) is 0 Å². The molecule has 0 aliphatic carbocycles. The maximum absolute atomic E-state index is 12.8. The Balaban J connectivity index is 1.53. The summed E-state index contributed by atoms with van der Waals surface area (Å²) in [5, 5.41) is 7.87. The largest absolute Gasteiger partial charge is 0.489 e. The van der Waals surface area contributed by atoms with Crippen LogP contribution in [0.1, 0.15) is 33.1 Å². The molecule has 29 heavy (non-hydrogen) atoms. The lowest BCUT2D eigenvalue weighted by Gasteiger charge is -2.10. The van der Waals surface area contributed by atoms with Crippen molar-refractivity contribution in [3.8, 4) is 5.75 Å². The molecule has 0 radical (unpaired) electrons. The molecule has 0 saturated heterocycles. The fraction of sp³-hybridized carbons (Fsp3) is 0.174. The first-order chi connectivity index (χ1) is 14.0. The maximum Gasteiger partial charge on any atom is 0.255 e. The van der Waals surface area contributed by atoms with E-state index in [1.54, 1.807) is 18.2 Å². The highest BCUT2D eigenvalue weighted by molar-refractivity contribution is 6.08. The van der Waals surface area contributed by atoms with E-state index in [-0.39, 0.29) is 5.91 Å². The topological polar surface area (TPSA) is 77.2 Å². The lowest BCUT2D eigenvalue weighted by Crippen LogP contribution is -2.12. The van der Waals surface area contributed by atoms with E-state index in [0.29, 0.717) is 23.6 Å². The molecule has 1 N–H and O–H groups in total. The third-order valence-electron chi connectivity index (χ3n) is 4.77. The highest BCUT2D eigenvalue weighted by Crippen LogP contribution is 2.23. The first-order valence-corrected chi connectivity index (χ1v) is 9.33. The fourth-order valence-electron chi connectivity index (χ4n) is 3.13. The van der Waals surface area contributed by atoms with Crippen molar-refractivity contribution in [2.45, 2.75) is 27.4 Å². The van der Waals surface area contributed by atoms with Gasteiger partial charge in [-0.05, 0) is 51.1 Å². The predicted molar refractivity (Wildman–Crippen MR) is 111 cm³/mol. The summed E-state index contributed by atoms with van der Waals surface area (Å²) in [4.78, 5) is 17.4.